The molecule has 1 fully saturated rings. The Kier molecular flexibility index (Phi) is 6.74. The minimum Gasteiger partial charge on any atom is -0.462 e. The molecule has 0 radical (unpaired) electrons. The van der Waals surface area contributed by atoms with Gasteiger partial charge in [-0.2, -0.15) is 4.31 Å². The molecule has 3 rings (SSSR count). The molecule has 0 atom stereocenters. The van der Waals surface area contributed by atoms with Gasteiger partial charge in [0.05, 0.1) is 27.7 Å². The number of benzene rings is 2. The summed E-state index contributed by atoms with van der Waals surface area (Å²) in [6.07, 6.45) is 0. The van der Waals surface area contributed by atoms with Gasteiger partial charge in [-0.15, -0.1) is 0 Å². The maximum atomic E-state index is 14.0. The monoisotopic (exact) mass is 454 g/mol. The van der Waals surface area contributed by atoms with Gasteiger partial charge < -0.3 is 9.64 Å². The third kappa shape index (κ3) is 4.48. The van der Waals surface area contributed by atoms with E-state index in [9.17, 15) is 22.4 Å². The Morgan fingerprint density at radius 1 is 1.07 bits per heavy atom. The van der Waals surface area contributed by atoms with Gasteiger partial charge in [0.2, 0.25) is 10.0 Å². The molecule has 2 aromatic rings. The van der Waals surface area contributed by atoms with E-state index >= 15 is 0 Å². The van der Waals surface area contributed by atoms with Gasteiger partial charge in [0.25, 0.3) is 5.91 Å². The van der Waals surface area contributed by atoms with E-state index in [1.807, 2.05) is 0 Å². The minimum absolute atomic E-state index is 0.0109. The Balaban J connectivity index is 1.69. The summed E-state index contributed by atoms with van der Waals surface area (Å²) >= 11 is 5.95. The number of amides is 1. The first kappa shape index (κ1) is 22.2. The molecule has 1 aliphatic heterocycles. The number of rotatable bonds is 5. The zero-order valence-electron chi connectivity index (χ0n) is 16.2. The molecule has 160 valence electrons. The van der Waals surface area contributed by atoms with Crippen molar-refractivity contribution in [3.05, 3.63) is 64.4 Å². The number of sulfonamides is 1. The quantitative estimate of drug-likeness (QED) is 0.649. The molecule has 1 amide bonds. The van der Waals surface area contributed by atoms with Crippen LogP contribution in [-0.4, -0.2) is 62.3 Å². The van der Waals surface area contributed by atoms with Gasteiger partial charge in [0.1, 0.15) is 5.82 Å². The average molecular weight is 455 g/mol. The van der Waals surface area contributed by atoms with E-state index in [-0.39, 0.29) is 53.8 Å². The van der Waals surface area contributed by atoms with E-state index in [0.29, 0.717) is 0 Å². The smallest absolute Gasteiger partial charge is 0.338 e. The van der Waals surface area contributed by atoms with Gasteiger partial charge in [-0.3, -0.25) is 4.79 Å². The molecular formula is C20H20ClFN2O5S. The molecule has 30 heavy (non-hydrogen) atoms. The Bertz CT molecular complexity index is 1030. The van der Waals surface area contributed by atoms with Crippen LogP contribution >= 0.6 is 11.6 Å². The van der Waals surface area contributed by atoms with Gasteiger partial charge in [-0.25, -0.2) is 17.6 Å². The predicted octanol–water partition coefficient (Wildman–Crippen LogP) is 2.80. The summed E-state index contributed by atoms with van der Waals surface area (Å²) in [5.41, 5.74) is 0.0398. The fourth-order valence-electron chi connectivity index (χ4n) is 3.12. The molecule has 0 aromatic heterocycles. The molecule has 1 saturated heterocycles. The highest BCUT2D eigenvalue weighted by Crippen LogP contribution is 2.23. The summed E-state index contributed by atoms with van der Waals surface area (Å²) in [4.78, 5) is 25.7. The van der Waals surface area contributed by atoms with Gasteiger partial charge >= 0.3 is 5.97 Å². The highest BCUT2D eigenvalue weighted by molar-refractivity contribution is 7.89. The predicted molar refractivity (Wildman–Crippen MR) is 108 cm³/mol. The van der Waals surface area contributed by atoms with Crippen molar-refractivity contribution >= 4 is 33.5 Å². The number of ether oxygens (including phenoxy) is 1. The van der Waals surface area contributed by atoms with Crippen molar-refractivity contribution in [3.8, 4) is 0 Å². The summed E-state index contributed by atoms with van der Waals surface area (Å²) in [5.74, 6) is -1.82. The fourth-order valence-corrected chi connectivity index (χ4v) is 4.78. The Hall–Kier alpha value is -2.49. The number of halogens is 2. The SMILES string of the molecule is CCOC(=O)c1ccc(S(=O)(=O)N2CCN(C(=O)c3c(F)cccc3Cl)CC2)cc1. The van der Waals surface area contributed by atoms with Crippen molar-refractivity contribution in [2.45, 2.75) is 11.8 Å². The molecule has 1 heterocycles. The molecule has 0 saturated carbocycles. The molecule has 0 spiro atoms. The Morgan fingerprint density at radius 3 is 2.27 bits per heavy atom. The maximum Gasteiger partial charge on any atom is 0.338 e. The van der Waals surface area contributed by atoms with E-state index in [1.165, 1.54) is 45.6 Å². The van der Waals surface area contributed by atoms with Crippen LogP contribution in [0.4, 0.5) is 4.39 Å². The molecule has 0 N–H and O–H groups in total. The Labute approximate surface area is 179 Å². The average Bonchev–Trinajstić information content (AvgIpc) is 2.74. The lowest BCUT2D eigenvalue weighted by atomic mass is 10.1. The summed E-state index contributed by atoms with van der Waals surface area (Å²) < 4.78 is 45.9. The lowest BCUT2D eigenvalue weighted by molar-refractivity contribution is 0.0526. The first-order valence-electron chi connectivity index (χ1n) is 9.26. The van der Waals surface area contributed by atoms with E-state index < -0.39 is 27.7 Å². The van der Waals surface area contributed by atoms with Crippen LogP contribution in [0.1, 0.15) is 27.6 Å². The highest BCUT2D eigenvalue weighted by Gasteiger charge is 2.32. The third-order valence-electron chi connectivity index (χ3n) is 4.71. The first-order chi connectivity index (χ1) is 14.3. The van der Waals surface area contributed by atoms with Crippen LogP contribution in [0.15, 0.2) is 47.4 Å². The summed E-state index contributed by atoms with van der Waals surface area (Å²) in [6.45, 7) is 2.22. The van der Waals surface area contributed by atoms with Crippen molar-refractivity contribution < 1.29 is 27.1 Å². The molecule has 7 nitrogen and oxygen atoms in total. The fraction of sp³-hybridized carbons (Fsp3) is 0.300. The minimum atomic E-state index is -3.80. The lowest BCUT2D eigenvalue weighted by Crippen LogP contribution is -2.50. The number of esters is 1. The summed E-state index contributed by atoms with van der Waals surface area (Å²) in [5, 5.41) is 0.0109. The maximum absolute atomic E-state index is 14.0. The molecule has 0 bridgehead atoms. The summed E-state index contributed by atoms with van der Waals surface area (Å²) in [7, 11) is -3.80. The molecule has 10 heteroatoms. The second-order valence-electron chi connectivity index (χ2n) is 6.54. The van der Waals surface area contributed by atoms with Crippen molar-refractivity contribution in [2.75, 3.05) is 32.8 Å². The van der Waals surface area contributed by atoms with E-state index in [0.717, 1.165) is 6.07 Å². The van der Waals surface area contributed by atoms with Crippen LogP contribution < -0.4 is 0 Å². The van der Waals surface area contributed by atoms with Crippen LogP contribution in [0, 0.1) is 5.82 Å². The third-order valence-corrected chi connectivity index (χ3v) is 6.93. The van der Waals surface area contributed by atoms with Crippen molar-refractivity contribution in [1.82, 2.24) is 9.21 Å². The van der Waals surface area contributed by atoms with Crippen LogP contribution in [0.25, 0.3) is 0 Å². The molecule has 0 unspecified atom stereocenters. The number of hydrogen-bond acceptors (Lipinski definition) is 5. The molecule has 1 aliphatic rings. The summed E-state index contributed by atoms with van der Waals surface area (Å²) in [6, 6.07) is 9.47. The van der Waals surface area contributed by atoms with Gasteiger partial charge in [0, 0.05) is 26.2 Å². The Morgan fingerprint density at radius 2 is 1.70 bits per heavy atom. The van der Waals surface area contributed by atoms with Crippen molar-refractivity contribution in [3.63, 3.8) is 0 Å². The number of piperazine rings is 1. The van der Waals surface area contributed by atoms with Crippen LogP contribution in [0.2, 0.25) is 5.02 Å². The topological polar surface area (TPSA) is 84.0 Å². The largest absolute Gasteiger partial charge is 0.462 e. The van der Waals surface area contributed by atoms with Crippen molar-refractivity contribution in [1.29, 1.82) is 0 Å². The number of carbonyl (C=O) groups is 2. The van der Waals surface area contributed by atoms with Crippen LogP contribution in [-0.2, 0) is 14.8 Å². The molecule has 0 aliphatic carbocycles. The van der Waals surface area contributed by atoms with Gasteiger partial charge in [0.15, 0.2) is 0 Å². The zero-order valence-corrected chi connectivity index (χ0v) is 17.7. The van der Waals surface area contributed by atoms with Gasteiger partial charge in [-0.05, 0) is 43.3 Å². The standard InChI is InChI=1S/C20H20ClFN2O5S/c1-2-29-20(26)14-6-8-15(9-7-14)30(27,28)24-12-10-23(11-13-24)19(25)18-16(21)4-3-5-17(18)22/h3-9H,2,10-13H2,1H3. The van der Waals surface area contributed by atoms with E-state index in [1.54, 1.807) is 6.92 Å². The number of hydrogen-bond donors (Lipinski definition) is 0. The molecular weight excluding hydrogens is 435 g/mol. The van der Waals surface area contributed by atoms with Gasteiger partial charge in [-0.1, -0.05) is 17.7 Å². The highest BCUT2D eigenvalue weighted by atomic mass is 35.5. The van der Waals surface area contributed by atoms with Crippen LogP contribution in [0.3, 0.4) is 0 Å². The van der Waals surface area contributed by atoms with E-state index in [2.05, 4.69) is 0 Å². The zero-order chi connectivity index (χ0) is 21.9. The molecule has 2 aromatic carbocycles. The number of carbonyl (C=O) groups excluding carboxylic acids is 2. The van der Waals surface area contributed by atoms with Crippen LogP contribution in [0.5, 0.6) is 0 Å². The van der Waals surface area contributed by atoms with Crippen molar-refractivity contribution in [2.24, 2.45) is 0 Å². The van der Waals surface area contributed by atoms with E-state index in [4.69, 9.17) is 16.3 Å². The second kappa shape index (κ2) is 9.11. The second-order valence-corrected chi connectivity index (χ2v) is 8.88. The lowest BCUT2D eigenvalue weighted by Gasteiger charge is -2.34. The number of nitrogens with zero attached hydrogens (tertiary/aromatic N) is 2. The normalized spacial score (nSPS) is 15.1. The first-order valence-corrected chi connectivity index (χ1v) is 11.1.